The lowest BCUT2D eigenvalue weighted by molar-refractivity contribution is -0.142. The van der Waals surface area contributed by atoms with Crippen LogP contribution in [0.25, 0.3) is 0 Å². The van der Waals surface area contributed by atoms with Crippen LogP contribution in [-0.2, 0) is 11.3 Å². The summed E-state index contributed by atoms with van der Waals surface area (Å²) in [5.74, 6) is -0.0314. The number of fused-ring (bicyclic) bond motifs is 1. The summed E-state index contributed by atoms with van der Waals surface area (Å²) in [6.45, 7) is 2.94. The Labute approximate surface area is 118 Å². The van der Waals surface area contributed by atoms with Crippen LogP contribution in [0.2, 0.25) is 0 Å². The zero-order valence-corrected chi connectivity index (χ0v) is 12.2. The highest BCUT2D eigenvalue weighted by Crippen LogP contribution is 2.40. The second-order valence-electron chi connectivity index (χ2n) is 5.88. The van der Waals surface area contributed by atoms with Gasteiger partial charge in [-0.3, -0.25) is 9.69 Å². The predicted octanol–water partition coefficient (Wildman–Crippen LogP) is 3.27. The Kier molecular flexibility index (Phi) is 3.63. The second-order valence-corrected chi connectivity index (χ2v) is 7.00. The number of nitrogens with zero attached hydrogens (tertiary/aromatic N) is 1. The van der Waals surface area contributed by atoms with Crippen LogP contribution in [0, 0.1) is 12.8 Å². The van der Waals surface area contributed by atoms with Gasteiger partial charge in [0, 0.05) is 17.5 Å². The molecule has 2 aliphatic rings. The van der Waals surface area contributed by atoms with Crippen LogP contribution in [0.3, 0.4) is 0 Å². The van der Waals surface area contributed by atoms with E-state index in [0.29, 0.717) is 12.0 Å². The van der Waals surface area contributed by atoms with Gasteiger partial charge in [-0.15, -0.1) is 11.3 Å². The number of carbonyl (C=O) groups is 1. The first-order valence-electron chi connectivity index (χ1n) is 7.18. The summed E-state index contributed by atoms with van der Waals surface area (Å²) in [6, 6.07) is 2.37. The summed E-state index contributed by atoms with van der Waals surface area (Å²) in [5, 5.41) is 11.6. The molecule has 3 rings (SSSR count). The number of carboxylic acid groups (broad SMARTS) is 1. The van der Waals surface area contributed by atoms with Crippen LogP contribution in [0.5, 0.6) is 0 Å². The SMILES string of the molecule is Cc1sccc1CN1C(C(=O)O)CC2CCCCC21. The average Bonchev–Trinajstić information content (AvgIpc) is 2.95. The van der Waals surface area contributed by atoms with E-state index >= 15 is 0 Å². The molecule has 0 bridgehead atoms. The lowest BCUT2D eigenvalue weighted by Crippen LogP contribution is -2.41. The molecule has 2 fully saturated rings. The van der Waals surface area contributed by atoms with Crippen molar-refractivity contribution in [3.63, 3.8) is 0 Å². The van der Waals surface area contributed by atoms with E-state index in [2.05, 4.69) is 23.3 Å². The Morgan fingerprint density at radius 1 is 1.47 bits per heavy atom. The summed E-state index contributed by atoms with van der Waals surface area (Å²) in [5.41, 5.74) is 1.31. The molecular formula is C15H21NO2S. The second kappa shape index (κ2) is 5.25. The van der Waals surface area contributed by atoms with Crippen molar-refractivity contribution in [3.05, 3.63) is 21.9 Å². The molecule has 3 unspecified atom stereocenters. The van der Waals surface area contributed by atoms with Gasteiger partial charge < -0.3 is 5.11 Å². The Balaban J connectivity index is 1.82. The summed E-state index contributed by atoms with van der Waals surface area (Å²) in [4.78, 5) is 15.1. The summed E-state index contributed by atoms with van der Waals surface area (Å²) in [6.07, 6.45) is 5.78. The maximum atomic E-state index is 11.5. The number of hydrogen-bond donors (Lipinski definition) is 1. The van der Waals surface area contributed by atoms with Gasteiger partial charge in [-0.2, -0.15) is 0 Å². The van der Waals surface area contributed by atoms with Gasteiger partial charge in [0.05, 0.1) is 0 Å². The molecule has 19 heavy (non-hydrogen) atoms. The van der Waals surface area contributed by atoms with Gasteiger partial charge in [-0.25, -0.2) is 0 Å². The number of likely N-dealkylation sites (tertiary alicyclic amines) is 1. The molecule has 1 aliphatic heterocycles. The molecule has 3 atom stereocenters. The lowest BCUT2D eigenvalue weighted by Gasteiger charge is -2.33. The van der Waals surface area contributed by atoms with Crippen LogP contribution in [0.15, 0.2) is 11.4 Å². The first-order valence-corrected chi connectivity index (χ1v) is 8.06. The zero-order valence-electron chi connectivity index (χ0n) is 11.3. The van der Waals surface area contributed by atoms with Gasteiger partial charge in [-0.05, 0) is 49.1 Å². The number of hydrogen-bond acceptors (Lipinski definition) is 3. The number of aryl methyl sites for hydroxylation is 1. The standard InChI is InChI=1S/C15H21NO2S/c1-10-12(6-7-19-10)9-16-13-5-3-2-4-11(13)8-14(16)15(17)18/h6-7,11,13-14H,2-5,8-9H2,1H3,(H,17,18). The molecule has 1 saturated heterocycles. The van der Waals surface area contributed by atoms with Crippen molar-refractivity contribution in [1.29, 1.82) is 0 Å². The lowest BCUT2D eigenvalue weighted by atomic mass is 9.84. The maximum absolute atomic E-state index is 11.5. The third kappa shape index (κ3) is 2.43. The Morgan fingerprint density at radius 3 is 2.95 bits per heavy atom. The van der Waals surface area contributed by atoms with E-state index in [4.69, 9.17) is 0 Å². The summed E-state index contributed by atoms with van der Waals surface area (Å²) in [7, 11) is 0. The number of aliphatic carboxylic acids is 1. The Bertz CT molecular complexity index is 470. The van der Waals surface area contributed by atoms with E-state index < -0.39 is 5.97 Å². The maximum Gasteiger partial charge on any atom is 0.320 e. The molecule has 0 amide bonds. The Morgan fingerprint density at radius 2 is 2.26 bits per heavy atom. The van der Waals surface area contributed by atoms with E-state index in [1.165, 1.54) is 36.1 Å². The van der Waals surface area contributed by atoms with Crippen LogP contribution in [0.4, 0.5) is 0 Å². The van der Waals surface area contributed by atoms with E-state index in [9.17, 15) is 9.90 Å². The van der Waals surface area contributed by atoms with Gasteiger partial charge in [-0.1, -0.05) is 12.8 Å². The molecule has 4 heteroatoms. The van der Waals surface area contributed by atoms with Crippen molar-refractivity contribution in [3.8, 4) is 0 Å². The van der Waals surface area contributed by atoms with Crippen molar-refractivity contribution in [1.82, 2.24) is 4.90 Å². The highest BCUT2D eigenvalue weighted by molar-refractivity contribution is 7.10. The van der Waals surface area contributed by atoms with Gasteiger partial charge in [0.25, 0.3) is 0 Å². The molecule has 1 N–H and O–H groups in total. The molecule has 1 saturated carbocycles. The van der Waals surface area contributed by atoms with Crippen molar-refractivity contribution in [2.75, 3.05) is 0 Å². The highest BCUT2D eigenvalue weighted by atomic mass is 32.1. The van der Waals surface area contributed by atoms with E-state index in [0.717, 1.165) is 13.0 Å². The fourth-order valence-corrected chi connectivity index (χ4v) is 4.52. The molecule has 3 nitrogen and oxygen atoms in total. The van der Waals surface area contributed by atoms with Crippen LogP contribution >= 0.6 is 11.3 Å². The number of thiophene rings is 1. The minimum absolute atomic E-state index is 0.271. The zero-order chi connectivity index (χ0) is 13.4. The average molecular weight is 279 g/mol. The summed E-state index contributed by atoms with van der Waals surface area (Å²) >= 11 is 1.75. The molecule has 2 heterocycles. The molecular weight excluding hydrogens is 258 g/mol. The molecule has 1 aromatic heterocycles. The topological polar surface area (TPSA) is 40.5 Å². The van der Waals surface area contributed by atoms with Crippen LogP contribution < -0.4 is 0 Å². The van der Waals surface area contributed by atoms with E-state index in [1.54, 1.807) is 11.3 Å². The predicted molar refractivity (Wildman–Crippen MR) is 76.4 cm³/mol. The van der Waals surface area contributed by atoms with Crippen LogP contribution in [0.1, 0.15) is 42.5 Å². The third-order valence-electron chi connectivity index (χ3n) is 4.83. The van der Waals surface area contributed by atoms with Gasteiger partial charge in [0.15, 0.2) is 0 Å². The summed E-state index contributed by atoms with van der Waals surface area (Å²) < 4.78 is 0. The fourth-order valence-electron chi connectivity index (χ4n) is 3.80. The molecule has 1 aromatic rings. The minimum Gasteiger partial charge on any atom is -0.480 e. The monoisotopic (exact) mass is 279 g/mol. The van der Waals surface area contributed by atoms with Crippen LogP contribution in [-0.4, -0.2) is 28.1 Å². The first-order chi connectivity index (χ1) is 9.16. The molecule has 0 spiro atoms. The Hall–Kier alpha value is -0.870. The number of carboxylic acids is 1. The van der Waals surface area contributed by atoms with E-state index in [-0.39, 0.29) is 6.04 Å². The van der Waals surface area contributed by atoms with Gasteiger partial charge in [0.1, 0.15) is 6.04 Å². The van der Waals surface area contributed by atoms with Crippen molar-refractivity contribution in [2.45, 2.75) is 57.7 Å². The highest BCUT2D eigenvalue weighted by Gasteiger charge is 2.45. The minimum atomic E-state index is -0.637. The van der Waals surface area contributed by atoms with Gasteiger partial charge >= 0.3 is 5.97 Å². The quantitative estimate of drug-likeness (QED) is 0.923. The first kappa shape index (κ1) is 13.1. The molecule has 1 aliphatic carbocycles. The van der Waals surface area contributed by atoms with Gasteiger partial charge in [0.2, 0.25) is 0 Å². The normalized spacial score (nSPS) is 31.3. The molecule has 0 radical (unpaired) electrons. The molecule has 0 aromatic carbocycles. The fraction of sp³-hybridized carbons (Fsp3) is 0.667. The number of rotatable bonds is 3. The smallest absolute Gasteiger partial charge is 0.320 e. The third-order valence-corrected chi connectivity index (χ3v) is 5.71. The largest absolute Gasteiger partial charge is 0.480 e. The van der Waals surface area contributed by atoms with Crippen molar-refractivity contribution in [2.24, 2.45) is 5.92 Å². The molecule has 104 valence electrons. The van der Waals surface area contributed by atoms with E-state index in [1.807, 2.05) is 0 Å². The van der Waals surface area contributed by atoms with Crippen molar-refractivity contribution < 1.29 is 9.90 Å². The van der Waals surface area contributed by atoms with Crippen molar-refractivity contribution >= 4 is 17.3 Å².